The van der Waals surface area contributed by atoms with Gasteiger partial charge in [-0.2, -0.15) is 0 Å². The minimum absolute atomic E-state index is 0.199. The molecule has 1 fully saturated rings. The Kier molecular flexibility index (Phi) is 4.35. The van der Waals surface area contributed by atoms with Crippen LogP contribution in [0.4, 0.5) is 0 Å². The van der Waals surface area contributed by atoms with Crippen molar-refractivity contribution in [3.63, 3.8) is 0 Å². The predicted octanol–water partition coefficient (Wildman–Crippen LogP) is -0.208. The van der Waals surface area contributed by atoms with Gasteiger partial charge in [0.2, 0.25) is 5.91 Å². The monoisotopic (exact) mass is 199 g/mol. The van der Waals surface area contributed by atoms with Crippen molar-refractivity contribution in [2.24, 2.45) is 11.7 Å². The van der Waals surface area contributed by atoms with Crippen LogP contribution in [0.3, 0.4) is 0 Å². The van der Waals surface area contributed by atoms with Gasteiger partial charge >= 0.3 is 0 Å². The lowest BCUT2D eigenvalue weighted by Crippen LogP contribution is -2.43. The SMILES string of the molecule is CC(NCC1CCN(C)CC1)C(N)=O. The summed E-state index contributed by atoms with van der Waals surface area (Å²) in [7, 11) is 2.15. The highest BCUT2D eigenvalue weighted by atomic mass is 16.1. The standard InChI is InChI=1S/C10H21N3O/c1-8(10(11)14)12-7-9-3-5-13(2)6-4-9/h8-9,12H,3-7H2,1-2H3,(H2,11,14). The number of amides is 1. The summed E-state index contributed by atoms with van der Waals surface area (Å²) >= 11 is 0. The minimum atomic E-state index is -0.266. The third kappa shape index (κ3) is 3.64. The van der Waals surface area contributed by atoms with E-state index in [1.807, 2.05) is 6.92 Å². The maximum atomic E-state index is 10.8. The molecule has 3 N–H and O–H groups in total. The van der Waals surface area contributed by atoms with Crippen molar-refractivity contribution >= 4 is 5.91 Å². The number of hydrogen-bond acceptors (Lipinski definition) is 3. The van der Waals surface area contributed by atoms with Gasteiger partial charge in [0.25, 0.3) is 0 Å². The first-order valence-corrected chi connectivity index (χ1v) is 5.31. The molecular weight excluding hydrogens is 178 g/mol. The molecule has 0 aromatic heterocycles. The Morgan fingerprint density at radius 2 is 2.14 bits per heavy atom. The number of hydrogen-bond donors (Lipinski definition) is 2. The Labute approximate surface area is 85.8 Å². The first-order valence-electron chi connectivity index (χ1n) is 5.31. The van der Waals surface area contributed by atoms with E-state index in [0.29, 0.717) is 5.92 Å². The molecule has 0 spiro atoms. The normalized spacial score (nSPS) is 22.1. The maximum absolute atomic E-state index is 10.8. The number of carbonyl (C=O) groups is 1. The Balaban J connectivity index is 2.16. The average molecular weight is 199 g/mol. The molecule has 0 aromatic rings. The van der Waals surface area contributed by atoms with Gasteiger partial charge in [-0.15, -0.1) is 0 Å². The molecule has 1 heterocycles. The second-order valence-corrected chi connectivity index (χ2v) is 4.28. The van der Waals surface area contributed by atoms with Crippen LogP contribution in [-0.4, -0.2) is 43.5 Å². The topological polar surface area (TPSA) is 58.4 Å². The highest BCUT2D eigenvalue weighted by molar-refractivity contribution is 5.79. The fourth-order valence-electron chi connectivity index (χ4n) is 1.71. The second kappa shape index (κ2) is 5.32. The van der Waals surface area contributed by atoms with E-state index in [9.17, 15) is 4.79 Å². The molecule has 1 saturated heterocycles. The number of rotatable bonds is 4. The molecule has 4 nitrogen and oxygen atoms in total. The molecule has 1 amide bonds. The number of piperidine rings is 1. The van der Waals surface area contributed by atoms with Gasteiger partial charge in [0.15, 0.2) is 0 Å². The summed E-state index contributed by atoms with van der Waals surface area (Å²) in [6, 6.07) is -0.199. The van der Waals surface area contributed by atoms with E-state index in [-0.39, 0.29) is 11.9 Å². The van der Waals surface area contributed by atoms with Crippen molar-refractivity contribution in [1.29, 1.82) is 0 Å². The predicted molar refractivity (Wildman–Crippen MR) is 56.9 cm³/mol. The first kappa shape index (κ1) is 11.5. The lowest BCUT2D eigenvalue weighted by molar-refractivity contribution is -0.119. The molecule has 0 radical (unpaired) electrons. The number of nitrogens with two attached hydrogens (primary N) is 1. The molecule has 1 atom stereocenters. The van der Waals surface area contributed by atoms with Crippen molar-refractivity contribution in [3.05, 3.63) is 0 Å². The minimum Gasteiger partial charge on any atom is -0.368 e. The summed E-state index contributed by atoms with van der Waals surface area (Å²) in [5.74, 6) is 0.436. The van der Waals surface area contributed by atoms with Crippen LogP contribution in [0.25, 0.3) is 0 Å². The Morgan fingerprint density at radius 1 is 1.57 bits per heavy atom. The fourth-order valence-corrected chi connectivity index (χ4v) is 1.71. The average Bonchev–Trinajstić information content (AvgIpc) is 2.16. The van der Waals surface area contributed by atoms with E-state index in [1.54, 1.807) is 0 Å². The van der Waals surface area contributed by atoms with Crippen LogP contribution in [-0.2, 0) is 4.79 Å². The number of nitrogens with one attached hydrogen (secondary N) is 1. The number of nitrogens with zero attached hydrogens (tertiary/aromatic N) is 1. The summed E-state index contributed by atoms with van der Waals surface area (Å²) in [5.41, 5.74) is 5.16. The van der Waals surface area contributed by atoms with E-state index in [4.69, 9.17) is 5.73 Å². The van der Waals surface area contributed by atoms with Gasteiger partial charge in [0.05, 0.1) is 6.04 Å². The molecule has 0 aliphatic carbocycles. The van der Waals surface area contributed by atoms with Crippen LogP contribution in [0.5, 0.6) is 0 Å². The molecule has 0 aromatic carbocycles. The van der Waals surface area contributed by atoms with Crippen molar-refractivity contribution in [2.75, 3.05) is 26.7 Å². The zero-order chi connectivity index (χ0) is 10.6. The van der Waals surface area contributed by atoms with Crippen LogP contribution in [0.15, 0.2) is 0 Å². The number of carbonyl (C=O) groups excluding carboxylic acids is 1. The van der Waals surface area contributed by atoms with Crippen molar-refractivity contribution in [3.8, 4) is 0 Å². The molecule has 1 rings (SSSR count). The summed E-state index contributed by atoms with van der Waals surface area (Å²) < 4.78 is 0. The van der Waals surface area contributed by atoms with Crippen LogP contribution in [0.2, 0.25) is 0 Å². The first-order chi connectivity index (χ1) is 6.59. The van der Waals surface area contributed by atoms with Gasteiger partial charge in [-0.1, -0.05) is 0 Å². The summed E-state index contributed by atoms with van der Waals surface area (Å²) in [6.07, 6.45) is 2.43. The third-order valence-electron chi connectivity index (χ3n) is 2.98. The van der Waals surface area contributed by atoms with Crippen molar-refractivity contribution < 1.29 is 4.79 Å². The van der Waals surface area contributed by atoms with E-state index < -0.39 is 0 Å². The lowest BCUT2D eigenvalue weighted by atomic mass is 9.97. The third-order valence-corrected chi connectivity index (χ3v) is 2.98. The molecule has 0 bridgehead atoms. The van der Waals surface area contributed by atoms with E-state index >= 15 is 0 Å². The molecule has 4 heteroatoms. The summed E-state index contributed by atoms with van der Waals surface area (Å²) in [4.78, 5) is 13.1. The van der Waals surface area contributed by atoms with Crippen molar-refractivity contribution in [1.82, 2.24) is 10.2 Å². The van der Waals surface area contributed by atoms with E-state index in [1.165, 1.54) is 12.8 Å². The molecule has 1 aliphatic rings. The van der Waals surface area contributed by atoms with Gasteiger partial charge in [-0.05, 0) is 52.4 Å². The van der Waals surface area contributed by atoms with Gasteiger partial charge in [-0.3, -0.25) is 4.79 Å². The van der Waals surface area contributed by atoms with Crippen LogP contribution in [0.1, 0.15) is 19.8 Å². The highest BCUT2D eigenvalue weighted by Gasteiger charge is 2.17. The molecular formula is C10H21N3O. The Bertz CT molecular complexity index is 188. The number of primary amides is 1. The van der Waals surface area contributed by atoms with E-state index in [2.05, 4.69) is 17.3 Å². The summed E-state index contributed by atoms with van der Waals surface area (Å²) in [5, 5.41) is 3.17. The molecule has 0 saturated carbocycles. The molecule has 14 heavy (non-hydrogen) atoms. The van der Waals surface area contributed by atoms with Gasteiger partial charge in [0.1, 0.15) is 0 Å². The maximum Gasteiger partial charge on any atom is 0.234 e. The fraction of sp³-hybridized carbons (Fsp3) is 0.900. The van der Waals surface area contributed by atoms with Crippen LogP contribution >= 0.6 is 0 Å². The van der Waals surface area contributed by atoms with Crippen LogP contribution in [0, 0.1) is 5.92 Å². The molecule has 82 valence electrons. The largest absolute Gasteiger partial charge is 0.368 e. The van der Waals surface area contributed by atoms with Gasteiger partial charge in [0, 0.05) is 0 Å². The highest BCUT2D eigenvalue weighted by Crippen LogP contribution is 2.14. The Hall–Kier alpha value is -0.610. The molecule has 1 unspecified atom stereocenters. The lowest BCUT2D eigenvalue weighted by Gasteiger charge is -2.29. The van der Waals surface area contributed by atoms with Gasteiger partial charge < -0.3 is 16.0 Å². The van der Waals surface area contributed by atoms with Crippen molar-refractivity contribution in [2.45, 2.75) is 25.8 Å². The zero-order valence-electron chi connectivity index (χ0n) is 9.12. The smallest absolute Gasteiger partial charge is 0.234 e. The van der Waals surface area contributed by atoms with Crippen LogP contribution < -0.4 is 11.1 Å². The summed E-state index contributed by atoms with van der Waals surface area (Å²) in [6.45, 7) is 5.06. The van der Waals surface area contributed by atoms with E-state index in [0.717, 1.165) is 19.6 Å². The second-order valence-electron chi connectivity index (χ2n) is 4.28. The Morgan fingerprint density at radius 3 is 2.64 bits per heavy atom. The zero-order valence-corrected chi connectivity index (χ0v) is 9.12. The number of likely N-dealkylation sites (tertiary alicyclic amines) is 1. The molecule has 1 aliphatic heterocycles. The quantitative estimate of drug-likeness (QED) is 0.659. The van der Waals surface area contributed by atoms with Gasteiger partial charge in [-0.25, -0.2) is 0 Å².